The van der Waals surface area contributed by atoms with Crippen molar-refractivity contribution in [2.45, 2.75) is 13.1 Å². The standard InChI is InChI=1S/C8H9N3O2/c9-7-5(8(12)13)1-4-2-10-3-6(4)11-7/h1,10H,2-3H2,(H2,9,11)(H,12,13). The van der Waals surface area contributed by atoms with E-state index in [1.807, 2.05) is 0 Å². The summed E-state index contributed by atoms with van der Waals surface area (Å²) in [4.78, 5) is 14.7. The van der Waals surface area contributed by atoms with Crippen molar-refractivity contribution in [3.8, 4) is 0 Å². The molecule has 0 bridgehead atoms. The average Bonchev–Trinajstić information content (AvgIpc) is 2.48. The van der Waals surface area contributed by atoms with Crippen LogP contribution in [0.15, 0.2) is 6.07 Å². The number of pyridine rings is 1. The Balaban J connectivity index is 2.55. The fraction of sp³-hybridized carbons (Fsp3) is 0.250. The molecule has 5 nitrogen and oxygen atoms in total. The van der Waals surface area contributed by atoms with Crippen LogP contribution >= 0.6 is 0 Å². The number of hydrogen-bond donors (Lipinski definition) is 3. The zero-order valence-corrected chi connectivity index (χ0v) is 6.87. The third kappa shape index (κ3) is 1.23. The quantitative estimate of drug-likeness (QED) is 0.563. The molecule has 4 N–H and O–H groups in total. The molecule has 0 atom stereocenters. The Morgan fingerprint density at radius 3 is 3.08 bits per heavy atom. The number of aromatic carboxylic acids is 1. The molecule has 1 aromatic heterocycles. The van der Waals surface area contributed by atoms with E-state index in [9.17, 15) is 4.79 Å². The molecule has 68 valence electrons. The second-order valence-corrected chi connectivity index (χ2v) is 2.94. The molecule has 0 saturated carbocycles. The summed E-state index contributed by atoms with van der Waals surface area (Å²) in [5.74, 6) is -0.936. The lowest BCUT2D eigenvalue weighted by Gasteiger charge is -2.02. The molecule has 2 heterocycles. The maximum Gasteiger partial charge on any atom is 0.339 e. The van der Waals surface area contributed by atoms with E-state index in [2.05, 4.69) is 10.3 Å². The Morgan fingerprint density at radius 1 is 1.62 bits per heavy atom. The minimum absolute atomic E-state index is 0.0856. The second kappa shape index (κ2) is 2.70. The number of carboxylic acid groups (broad SMARTS) is 1. The van der Waals surface area contributed by atoms with Gasteiger partial charge in [-0.05, 0) is 11.6 Å². The lowest BCUT2D eigenvalue weighted by Crippen LogP contribution is -2.06. The van der Waals surface area contributed by atoms with E-state index in [0.29, 0.717) is 13.1 Å². The van der Waals surface area contributed by atoms with Crippen molar-refractivity contribution in [1.82, 2.24) is 10.3 Å². The number of nitrogens with one attached hydrogen (secondary N) is 1. The van der Waals surface area contributed by atoms with E-state index in [1.165, 1.54) is 0 Å². The number of nitrogens with zero attached hydrogens (tertiary/aromatic N) is 1. The minimum atomic E-state index is -1.03. The molecule has 1 aliphatic heterocycles. The monoisotopic (exact) mass is 179 g/mol. The fourth-order valence-corrected chi connectivity index (χ4v) is 1.40. The molecule has 0 aliphatic carbocycles. The van der Waals surface area contributed by atoms with E-state index in [4.69, 9.17) is 10.8 Å². The maximum atomic E-state index is 10.7. The van der Waals surface area contributed by atoms with Crippen molar-refractivity contribution in [2.75, 3.05) is 5.73 Å². The van der Waals surface area contributed by atoms with Crippen LogP contribution in [0.4, 0.5) is 5.82 Å². The Hall–Kier alpha value is -1.62. The number of rotatable bonds is 1. The maximum absolute atomic E-state index is 10.7. The molecule has 2 rings (SSSR count). The molecule has 1 aromatic rings. The van der Waals surface area contributed by atoms with Crippen LogP contribution in [0.25, 0.3) is 0 Å². The summed E-state index contributed by atoms with van der Waals surface area (Å²) in [6, 6.07) is 1.58. The van der Waals surface area contributed by atoms with Crippen LogP contribution in [0.2, 0.25) is 0 Å². The van der Waals surface area contributed by atoms with Crippen molar-refractivity contribution in [3.05, 3.63) is 22.9 Å². The van der Waals surface area contributed by atoms with Crippen LogP contribution in [0.5, 0.6) is 0 Å². The Kier molecular flexibility index (Phi) is 1.66. The highest BCUT2D eigenvalue weighted by atomic mass is 16.4. The third-order valence-corrected chi connectivity index (χ3v) is 2.06. The first kappa shape index (κ1) is 8.00. The predicted molar refractivity (Wildman–Crippen MR) is 46.2 cm³/mol. The number of nitrogens with two attached hydrogens (primary N) is 1. The summed E-state index contributed by atoms with van der Waals surface area (Å²) in [7, 11) is 0. The zero-order valence-electron chi connectivity index (χ0n) is 6.87. The summed E-state index contributed by atoms with van der Waals surface area (Å²) >= 11 is 0. The van der Waals surface area contributed by atoms with Crippen molar-refractivity contribution in [2.24, 2.45) is 0 Å². The summed E-state index contributed by atoms with van der Waals surface area (Å²) in [5.41, 5.74) is 7.33. The van der Waals surface area contributed by atoms with Crippen molar-refractivity contribution < 1.29 is 9.90 Å². The lowest BCUT2D eigenvalue weighted by molar-refractivity contribution is 0.0697. The number of hydrogen-bond acceptors (Lipinski definition) is 4. The molecule has 0 spiro atoms. The van der Waals surface area contributed by atoms with Crippen LogP contribution in [0.3, 0.4) is 0 Å². The zero-order chi connectivity index (χ0) is 9.42. The largest absolute Gasteiger partial charge is 0.478 e. The van der Waals surface area contributed by atoms with Crippen LogP contribution < -0.4 is 11.1 Å². The molecule has 0 aromatic carbocycles. The number of fused-ring (bicyclic) bond motifs is 1. The first-order chi connectivity index (χ1) is 6.18. The summed E-state index contributed by atoms with van der Waals surface area (Å²) in [5, 5.41) is 11.8. The first-order valence-corrected chi connectivity index (χ1v) is 3.91. The molecular weight excluding hydrogens is 170 g/mol. The van der Waals surface area contributed by atoms with Gasteiger partial charge in [-0.2, -0.15) is 0 Å². The summed E-state index contributed by atoms with van der Waals surface area (Å²) in [6.45, 7) is 1.34. The highest BCUT2D eigenvalue weighted by Gasteiger charge is 2.17. The summed E-state index contributed by atoms with van der Waals surface area (Å²) in [6.07, 6.45) is 0. The fourth-order valence-electron chi connectivity index (χ4n) is 1.40. The first-order valence-electron chi connectivity index (χ1n) is 3.91. The molecule has 0 fully saturated rings. The van der Waals surface area contributed by atoms with E-state index < -0.39 is 5.97 Å². The number of nitrogen functional groups attached to an aromatic ring is 1. The number of anilines is 1. The molecule has 1 aliphatic rings. The van der Waals surface area contributed by atoms with Crippen molar-refractivity contribution >= 4 is 11.8 Å². The Morgan fingerprint density at radius 2 is 2.38 bits per heavy atom. The van der Waals surface area contributed by atoms with Gasteiger partial charge in [0.2, 0.25) is 0 Å². The Bertz CT molecular complexity index is 376. The summed E-state index contributed by atoms with van der Waals surface area (Å²) < 4.78 is 0. The molecule has 5 heteroatoms. The third-order valence-electron chi connectivity index (χ3n) is 2.06. The number of carboxylic acids is 1. The van der Waals surface area contributed by atoms with Gasteiger partial charge in [0.25, 0.3) is 0 Å². The molecular formula is C8H9N3O2. The van der Waals surface area contributed by atoms with Gasteiger partial charge in [0, 0.05) is 13.1 Å². The lowest BCUT2D eigenvalue weighted by atomic mass is 10.1. The highest BCUT2D eigenvalue weighted by molar-refractivity contribution is 5.92. The number of aromatic nitrogens is 1. The van der Waals surface area contributed by atoms with Gasteiger partial charge in [0.1, 0.15) is 11.4 Å². The molecule has 0 amide bonds. The van der Waals surface area contributed by atoms with Gasteiger partial charge < -0.3 is 16.2 Å². The van der Waals surface area contributed by atoms with Gasteiger partial charge >= 0.3 is 5.97 Å². The molecule has 0 radical (unpaired) electrons. The van der Waals surface area contributed by atoms with Crippen LogP contribution in [0, 0.1) is 0 Å². The van der Waals surface area contributed by atoms with Gasteiger partial charge in [-0.25, -0.2) is 9.78 Å². The normalized spacial score (nSPS) is 14.2. The second-order valence-electron chi connectivity index (χ2n) is 2.94. The van der Waals surface area contributed by atoms with Crippen LogP contribution in [-0.2, 0) is 13.1 Å². The van der Waals surface area contributed by atoms with E-state index in [0.717, 1.165) is 11.3 Å². The van der Waals surface area contributed by atoms with Gasteiger partial charge in [-0.1, -0.05) is 0 Å². The van der Waals surface area contributed by atoms with Gasteiger partial charge in [0.15, 0.2) is 0 Å². The van der Waals surface area contributed by atoms with E-state index >= 15 is 0 Å². The van der Waals surface area contributed by atoms with Gasteiger partial charge in [-0.3, -0.25) is 0 Å². The predicted octanol–water partition coefficient (Wildman–Crippen LogP) is -0.0348. The highest BCUT2D eigenvalue weighted by Crippen LogP contribution is 2.18. The van der Waals surface area contributed by atoms with E-state index in [-0.39, 0.29) is 11.4 Å². The van der Waals surface area contributed by atoms with Crippen molar-refractivity contribution in [3.63, 3.8) is 0 Å². The van der Waals surface area contributed by atoms with Crippen LogP contribution in [0.1, 0.15) is 21.6 Å². The SMILES string of the molecule is Nc1nc2c(cc1C(=O)O)CNC2. The minimum Gasteiger partial charge on any atom is -0.478 e. The topological polar surface area (TPSA) is 88.2 Å². The molecule has 0 saturated heterocycles. The molecule has 0 unspecified atom stereocenters. The molecule has 13 heavy (non-hydrogen) atoms. The average molecular weight is 179 g/mol. The van der Waals surface area contributed by atoms with Crippen molar-refractivity contribution in [1.29, 1.82) is 0 Å². The van der Waals surface area contributed by atoms with E-state index in [1.54, 1.807) is 6.07 Å². The van der Waals surface area contributed by atoms with Gasteiger partial charge in [-0.15, -0.1) is 0 Å². The van der Waals surface area contributed by atoms with Crippen LogP contribution in [-0.4, -0.2) is 16.1 Å². The Labute approximate surface area is 74.6 Å². The number of carbonyl (C=O) groups is 1. The van der Waals surface area contributed by atoms with Gasteiger partial charge in [0.05, 0.1) is 5.69 Å². The smallest absolute Gasteiger partial charge is 0.339 e.